The molecule has 152 valence electrons. The molecule has 0 heterocycles. The van der Waals surface area contributed by atoms with E-state index in [2.05, 4.69) is 0 Å². The van der Waals surface area contributed by atoms with Gasteiger partial charge in [-0.1, -0.05) is 55.7 Å². The van der Waals surface area contributed by atoms with Crippen molar-refractivity contribution >= 4 is 11.9 Å². The Balaban J connectivity index is 1.59. The van der Waals surface area contributed by atoms with Crippen LogP contribution < -0.4 is 9.47 Å². The maximum absolute atomic E-state index is 12.6. The molecule has 0 radical (unpaired) electrons. The summed E-state index contributed by atoms with van der Waals surface area (Å²) in [6, 6.07) is 23.1. The lowest BCUT2D eigenvalue weighted by Crippen LogP contribution is -2.13. The Morgan fingerprint density at radius 1 is 0.667 bits per heavy atom. The molecule has 0 saturated heterocycles. The molecule has 0 N–H and O–H groups in total. The quantitative estimate of drug-likeness (QED) is 0.379. The summed E-state index contributed by atoms with van der Waals surface area (Å²) >= 11 is 0. The van der Waals surface area contributed by atoms with Gasteiger partial charge in [-0.2, -0.15) is 0 Å². The Kier molecular flexibility index (Phi) is 6.23. The Bertz CT molecular complexity index is 1010. The van der Waals surface area contributed by atoms with Crippen molar-refractivity contribution in [3.05, 3.63) is 95.6 Å². The van der Waals surface area contributed by atoms with Crippen molar-refractivity contribution < 1.29 is 19.1 Å². The molecule has 0 aromatic heterocycles. The number of carbonyl (C=O) groups is 2. The van der Waals surface area contributed by atoms with Crippen LogP contribution in [0, 0.1) is 0 Å². The second-order valence-electron chi connectivity index (χ2n) is 7.55. The van der Waals surface area contributed by atoms with Crippen LogP contribution in [-0.4, -0.2) is 11.9 Å². The number of hydrogen-bond acceptors (Lipinski definition) is 4. The molecule has 3 aromatic rings. The third-order valence-electron chi connectivity index (χ3n) is 5.46. The highest BCUT2D eigenvalue weighted by Crippen LogP contribution is 2.39. The van der Waals surface area contributed by atoms with Gasteiger partial charge in [0.1, 0.15) is 11.5 Å². The molecule has 4 rings (SSSR count). The Hall–Kier alpha value is -3.40. The number of carbonyl (C=O) groups excluding carboxylic acids is 2. The molecule has 1 saturated carbocycles. The van der Waals surface area contributed by atoms with Crippen molar-refractivity contribution in [2.45, 2.75) is 38.0 Å². The summed E-state index contributed by atoms with van der Waals surface area (Å²) in [5.41, 5.74) is 1.93. The third-order valence-corrected chi connectivity index (χ3v) is 5.46. The summed E-state index contributed by atoms with van der Waals surface area (Å²) in [5, 5.41) is 0. The first kappa shape index (κ1) is 19.9. The van der Waals surface area contributed by atoms with E-state index in [1.807, 2.05) is 30.3 Å². The molecular weight excluding hydrogens is 376 g/mol. The molecule has 0 unspecified atom stereocenters. The predicted octanol–water partition coefficient (Wildman–Crippen LogP) is 6.17. The van der Waals surface area contributed by atoms with Gasteiger partial charge < -0.3 is 9.47 Å². The second kappa shape index (κ2) is 9.40. The highest BCUT2D eigenvalue weighted by molar-refractivity contribution is 5.92. The van der Waals surface area contributed by atoms with E-state index in [0.717, 1.165) is 31.2 Å². The second-order valence-corrected chi connectivity index (χ2v) is 7.55. The number of esters is 2. The fourth-order valence-corrected chi connectivity index (χ4v) is 3.89. The van der Waals surface area contributed by atoms with E-state index in [4.69, 9.17) is 9.47 Å². The minimum absolute atomic E-state index is 0.285. The van der Waals surface area contributed by atoms with Gasteiger partial charge in [0.2, 0.25) is 0 Å². The maximum Gasteiger partial charge on any atom is 0.343 e. The highest BCUT2D eigenvalue weighted by atomic mass is 16.5. The first-order valence-electron chi connectivity index (χ1n) is 10.4. The fraction of sp³-hybridized carbons (Fsp3) is 0.231. The number of hydrogen-bond donors (Lipinski definition) is 0. The Morgan fingerprint density at radius 2 is 1.23 bits per heavy atom. The molecular formula is C26H24O4. The van der Waals surface area contributed by atoms with E-state index < -0.39 is 5.97 Å². The van der Waals surface area contributed by atoms with Gasteiger partial charge in [-0.3, -0.25) is 0 Å². The molecule has 1 aliphatic rings. The molecule has 0 bridgehead atoms. The van der Waals surface area contributed by atoms with Crippen LogP contribution in [0.2, 0.25) is 0 Å². The minimum atomic E-state index is -0.403. The van der Waals surface area contributed by atoms with E-state index in [0.29, 0.717) is 22.6 Å². The number of rotatable bonds is 5. The first-order chi connectivity index (χ1) is 14.7. The molecule has 30 heavy (non-hydrogen) atoms. The van der Waals surface area contributed by atoms with E-state index in [9.17, 15) is 9.59 Å². The predicted molar refractivity (Wildman–Crippen MR) is 115 cm³/mol. The average molecular weight is 400 g/mol. The zero-order valence-electron chi connectivity index (χ0n) is 16.8. The summed E-state index contributed by atoms with van der Waals surface area (Å²) < 4.78 is 11.3. The van der Waals surface area contributed by atoms with Crippen LogP contribution in [0.4, 0.5) is 0 Å². The molecule has 4 nitrogen and oxygen atoms in total. The standard InChI is InChI=1S/C26H24O4/c27-25(20-12-6-2-7-13-20)29-22-16-17-24(23(18-22)19-10-4-1-5-11-19)30-26(28)21-14-8-3-9-15-21/h2-3,6-9,12-19H,1,4-5,10-11H2. The van der Waals surface area contributed by atoms with Gasteiger partial charge >= 0.3 is 11.9 Å². The zero-order chi connectivity index (χ0) is 20.8. The topological polar surface area (TPSA) is 52.6 Å². The van der Waals surface area contributed by atoms with Crippen LogP contribution >= 0.6 is 0 Å². The van der Waals surface area contributed by atoms with Crippen molar-refractivity contribution in [2.75, 3.05) is 0 Å². The normalized spacial score (nSPS) is 14.1. The van der Waals surface area contributed by atoms with Crippen LogP contribution in [0.25, 0.3) is 0 Å². The molecule has 4 heteroatoms. The van der Waals surface area contributed by atoms with Gasteiger partial charge in [0.05, 0.1) is 11.1 Å². The summed E-state index contributed by atoms with van der Waals surface area (Å²) in [6.45, 7) is 0. The summed E-state index contributed by atoms with van der Waals surface area (Å²) in [5.74, 6) is 0.493. The van der Waals surface area contributed by atoms with Gasteiger partial charge in [0.15, 0.2) is 0 Å². The van der Waals surface area contributed by atoms with Crippen molar-refractivity contribution in [3.8, 4) is 11.5 Å². The first-order valence-corrected chi connectivity index (χ1v) is 10.4. The van der Waals surface area contributed by atoms with E-state index in [1.165, 1.54) is 6.42 Å². The molecule has 3 aromatic carbocycles. The monoisotopic (exact) mass is 400 g/mol. The van der Waals surface area contributed by atoms with Crippen molar-refractivity contribution in [1.82, 2.24) is 0 Å². The Labute approximate surface area is 176 Å². The lowest BCUT2D eigenvalue weighted by atomic mass is 9.83. The van der Waals surface area contributed by atoms with Crippen LogP contribution in [-0.2, 0) is 0 Å². The molecule has 1 fully saturated rings. The van der Waals surface area contributed by atoms with E-state index in [1.54, 1.807) is 48.5 Å². The third kappa shape index (κ3) is 4.77. The molecule has 0 aliphatic heterocycles. The van der Waals surface area contributed by atoms with Crippen molar-refractivity contribution in [2.24, 2.45) is 0 Å². The van der Waals surface area contributed by atoms with Crippen molar-refractivity contribution in [3.63, 3.8) is 0 Å². The molecule has 0 spiro atoms. The SMILES string of the molecule is O=C(Oc1ccc(OC(=O)c2ccccc2)c(C2CCCCC2)c1)c1ccccc1. The average Bonchev–Trinajstić information content (AvgIpc) is 2.81. The van der Waals surface area contributed by atoms with Crippen molar-refractivity contribution in [1.29, 1.82) is 0 Å². The van der Waals surface area contributed by atoms with Gasteiger partial charge in [-0.05, 0) is 61.2 Å². The fourth-order valence-electron chi connectivity index (χ4n) is 3.89. The number of ether oxygens (including phenoxy) is 2. The molecule has 0 amide bonds. The van der Waals surface area contributed by atoms with Crippen LogP contribution in [0.5, 0.6) is 11.5 Å². The van der Waals surface area contributed by atoms with Gasteiger partial charge in [-0.15, -0.1) is 0 Å². The Morgan fingerprint density at radius 3 is 1.83 bits per heavy atom. The number of benzene rings is 3. The van der Waals surface area contributed by atoms with E-state index >= 15 is 0 Å². The molecule has 1 aliphatic carbocycles. The molecule has 0 atom stereocenters. The van der Waals surface area contributed by atoms with Gasteiger partial charge in [0, 0.05) is 5.56 Å². The zero-order valence-corrected chi connectivity index (χ0v) is 16.8. The van der Waals surface area contributed by atoms with E-state index in [-0.39, 0.29) is 11.9 Å². The lowest BCUT2D eigenvalue weighted by Gasteiger charge is -2.24. The summed E-state index contributed by atoms with van der Waals surface area (Å²) in [6.07, 6.45) is 5.58. The lowest BCUT2D eigenvalue weighted by molar-refractivity contribution is 0.0717. The van der Waals surface area contributed by atoms with Crippen LogP contribution in [0.3, 0.4) is 0 Å². The summed E-state index contributed by atoms with van der Waals surface area (Å²) in [7, 11) is 0. The van der Waals surface area contributed by atoms with Crippen LogP contribution in [0.1, 0.15) is 64.3 Å². The smallest absolute Gasteiger partial charge is 0.343 e. The highest BCUT2D eigenvalue weighted by Gasteiger charge is 2.22. The summed E-state index contributed by atoms with van der Waals surface area (Å²) in [4.78, 5) is 25.0. The van der Waals surface area contributed by atoms with Gasteiger partial charge in [0.25, 0.3) is 0 Å². The van der Waals surface area contributed by atoms with Crippen LogP contribution in [0.15, 0.2) is 78.9 Å². The largest absolute Gasteiger partial charge is 0.423 e. The minimum Gasteiger partial charge on any atom is -0.423 e. The maximum atomic E-state index is 12.6. The van der Waals surface area contributed by atoms with Gasteiger partial charge in [-0.25, -0.2) is 9.59 Å².